The number of carbonyl (C=O) groups excluding carboxylic acids is 1. The van der Waals surface area contributed by atoms with Crippen molar-refractivity contribution in [2.24, 2.45) is 0 Å². The Hall–Kier alpha value is -1.60. The fourth-order valence-corrected chi connectivity index (χ4v) is 5.03. The molecule has 2 N–H and O–H groups in total. The third-order valence-corrected chi connectivity index (χ3v) is 6.83. The van der Waals surface area contributed by atoms with Crippen LogP contribution in [-0.4, -0.2) is 43.1 Å². The number of nitrogens with one attached hydrogen (secondary N) is 2. The lowest BCUT2D eigenvalue weighted by atomic mass is 9.93. The van der Waals surface area contributed by atoms with Crippen LogP contribution < -0.4 is 10.6 Å². The summed E-state index contributed by atoms with van der Waals surface area (Å²) in [6.07, 6.45) is 2.69. The molecule has 6 nitrogen and oxygen atoms in total. The first kappa shape index (κ1) is 17.2. The molecule has 2 heterocycles. The van der Waals surface area contributed by atoms with Gasteiger partial charge in [0, 0.05) is 31.6 Å². The van der Waals surface area contributed by atoms with Gasteiger partial charge in [-0.3, -0.25) is 4.79 Å². The van der Waals surface area contributed by atoms with Crippen LogP contribution in [0.5, 0.6) is 0 Å². The van der Waals surface area contributed by atoms with Crippen LogP contribution in [0.15, 0.2) is 18.2 Å². The Morgan fingerprint density at radius 2 is 1.92 bits per heavy atom. The van der Waals surface area contributed by atoms with Gasteiger partial charge in [0.05, 0.1) is 11.3 Å². The summed E-state index contributed by atoms with van der Waals surface area (Å²) < 4.78 is 26.2. The van der Waals surface area contributed by atoms with Crippen LogP contribution in [0.25, 0.3) is 0 Å². The Labute approximate surface area is 143 Å². The number of nitrogens with zero attached hydrogens (tertiary/aromatic N) is 1. The molecule has 0 saturated carbocycles. The van der Waals surface area contributed by atoms with Gasteiger partial charge in [0.25, 0.3) is 5.91 Å². The zero-order chi connectivity index (χ0) is 17.4. The SMILES string of the molecule is CCCCS(=O)(=O)N1CCC2(CC1)NC(=O)c1cc(C)ccc1N2. The maximum Gasteiger partial charge on any atom is 0.255 e. The number of fused-ring (bicyclic) bond motifs is 1. The number of unbranched alkanes of at least 4 members (excludes halogenated alkanes) is 1. The van der Waals surface area contributed by atoms with E-state index in [1.807, 2.05) is 32.0 Å². The Kier molecular flexibility index (Phi) is 4.57. The van der Waals surface area contributed by atoms with E-state index in [9.17, 15) is 13.2 Å². The third kappa shape index (κ3) is 3.28. The largest absolute Gasteiger partial charge is 0.362 e. The maximum atomic E-state index is 12.4. The van der Waals surface area contributed by atoms with Crippen molar-refractivity contribution in [3.63, 3.8) is 0 Å². The number of hydrogen-bond donors (Lipinski definition) is 2. The Morgan fingerprint density at radius 1 is 1.21 bits per heavy atom. The molecular formula is C17H25N3O3S. The average molecular weight is 351 g/mol. The molecule has 0 aromatic heterocycles. The topological polar surface area (TPSA) is 78.5 Å². The van der Waals surface area contributed by atoms with Crippen molar-refractivity contribution in [1.29, 1.82) is 0 Å². The zero-order valence-electron chi connectivity index (χ0n) is 14.3. The number of carbonyl (C=O) groups is 1. The predicted molar refractivity (Wildman–Crippen MR) is 94.5 cm³/mol. The molecule has 0 atom stereocenters. The summed E-state index contributed by atoms with van der Waals surface area (Å²) in [6, 6.07) is 5.77. The average Bonchev–Trinajstić information content (AvgIpc) is 2.54. The number of benzene rings is 1. The minimum atomic E-state index is -3.19. The molecule has 1 fully saturated rings. The molecule has 1 spiro atoms. The molecule has 1 aromatic carbocycles. The van der Waals surface area contributed by atoms with Gasteiger partial charge >= 0.3 is 0 Å². The minimum Gasteiger partial charge on any atom is -0.362 e. The van der Waals surface area contributed by atoms with Gasteiger partial charge in [0.15, 0.2) is 0 Å². The van der Waals surface area contributed by atoms with Crippen molar-refractivity contribution in [3.05, 3.63) is 29.3 Å². The number of sulfonamides is 1. The number of aryl methyl sites for hydroxylation is 1. The molecule has 132 valence electrons. The molecule has 2 aliphatic heterocycles. The van der Waals surface area contributed by atoms with Gasteiger partial charge in [-0.15, -0.1) is 0 Å². The lowest BCUT2D eigenvalue weighted by Crippen LogP contribution is -2.62. The normalized spacial score (nSPS) is 20.3. The number of rotatable bonds is 4. The summed E-state index contributed by atoms with van der Waals surface area (Å²) in [5, 5.41) is 6.49. The van der Waals surface area contributed by atoms with Crippen LogP contribution in [0.4, 0.5) is 5.69 Å². The van der Waals surface area contributed by atoms with Gasteiger partial charge in [-0.1, -0.05) is 25.0 Å². The van der Waals surface area contributed by atoms with Crippen molar-refractivity contribution in [2.45, 2.75) is 45.2 Å². The molecule has 3 rings (SSSR count). The van der Waals surface area contributed by atoms with Crippen LogP contribution in [0, 0.1) is 6.92 Å². The molecule has 0 unspecified atom stereocenters. The smallest absolute Gasteiger partial charge is 0.255 e. The number of hydrogen-bond acceptors (Lipinski definition) is 4. The fourth-order valence-electron chi connectivity index (χ4n) is 3.38. The number of amides is 1. The van der Waals surface area contributed by atoms with Gasteiger partial charge in [0.1, 0.15) is 5.66 Å². The molecule has 24 heavy (non-hydrogen) atoms. The van der Waals surface area contributed by atoms with Crippen molar-refractivity contribution < 1.29 is 13.2 Å². The van der Waals surface area contributed by atoms with Crippen LogP contribution >= 0.6 is 0 Å². The van der Waals surface area contributed by atoms with Crippen molar-refractivity contribution in [1.82, 2.24) is 9.62 Å². The van der Waals surface area contributed by atoms with E-state index in [2.05, 4.69) is 10.6 Å². The second-order valence-corrected chi connectivity index (χ2v) is 8.87. The van der Waals surface area contributed by atoms with Crippen molar-refractivity contribution in [2.75, 3.05) is 24.2 Å². The predicted octanol–water partition coefficient (Wildman–Crippen LogP) is 2.07. The zero-order valence-corrected chi connectivity index (χ0v) is 15.1. The molecule has 1 saturated heterocycles. The number of piperidine rings is 1. The monoisotopic (exact) mass is 351 g/mol. The van der Waals surface area contributed by atoms with E-state index in [1.54, 1.807) is 4.31 Å². The molecular weight excluding hydrogens is 326 g/mol. The molecule has 2 aliphatic rings. The van der Waals surface area contributed by atoms with Crippen LogP contribution in [0.3, 0.4) is 0 Å². The molecule has 1 aromatic rings. The summed E-state index contributed by atoms with van der Waals surface area (Å²) in [6.45, 7) is 4.81. The van der Waals surface area contributed by atoms with Gasteiger partial charge in [-0.25, -0.2) is 12.7 Å². The van der Waals surface area contributed by atoms with Gasteiger partial charge < -0.3 is 10.6 Å². The Morgan fingerprint density at radius 3 is 2.58 bits per heavy atom. The van der Waals surface area contributed by atoms with E-state index in [-0.39, 0.29) is 11.7 Å². The van der Waals surface area contributed by atoms with E-state index < -0.39 is 15.7 Å². The highest BCUT2D eigenvalue weighted by Crippen LogP contribution is 2.32. The van der Waals surface area contributed by atoms with Gasteiger partial charge in [-0.2, -0.15) is 0 Å². The van der Waals surface area contributed by atoms with Crippen LogP contribution in [0.2, 0.25) is 0 Å². The lowest BCUT2D eigenvalue weighted by Gasteiger charge is -2.45. The summed E-state index contributed by atoms with van der Waals surface area (Å²) in [7, 11) is -3.19. The lowest BCUT2D eigenvalue weighted by molar-refractivity contribution is 0.0865. The molecule has 1 amide bonds. The molecule has 0 aliphatic carbocycles. The fraction of sp³-hybridized carbons (Fsp3) is 0.588. The standard InChI is InChI=1S/C17H25N3O3S/c1-3-4-11-24(22,23)20-9-7-17(8-10-20)18-15-6-5-13(2)12-14(15)16(21)19-17/h5-6,12,18H,3-4,7-11H2,1-2H3,(H,19,21). The first-order valence-corrected chi connectivity index (χ1v) is 10.2. The maximum absolute atomic E-state index is 12.4. The van der Waals surface area contributed by atoms with Gasteiger partial charge in [0.2, 0.25) is 10.0 Å². The summed E-state index contributed by atoms with van der Waals surface area (Å²) in [4.78, 5) is 12.4. The van der Waals surface area contributed by atoms with Crippen LogP contribution in [-0.2, 0) is 10.0 Å². The van der Waals surface area contributed by atoms with E-state index >= 15 is 0 Å². The summed E-state index contributed by atoms with van der Waals surface area (Å²) in [5.41, 5.74) is 1.97. The van der Waals surface area contributed by atoms with E-state index in [4.69, 9.17) is 0 Å². The Bertz CT molecular complexity index is 737. The van der Waals surface area contributed by atoms with E-state index in [1.165, 1.54) is 0 Å². The molecule has 0 radical (unpaired) electrons. The summed E-state index contributed by atoms with van der Waals surface area (Å²) >= 11 is 0. The second-order valence-electron chi connectivity index (χ2n) is 6.78. The van der Waals surface area contributed by atoms with E-state index in [0.717, 1.165) is 17.7 Å². The molecule has 7 heteroatoms. The first-order valence-electron chi connectivity index (χ1n) is 8.54. The minimum absolute atomic E-state index is 0.0882. The van der Waals surface area contributed by atoms with Gasteiger partial charge in [-0.05, 0) is 25.5 Å². The van der Waals surface area contributed by atoms with E-state index in [0.29, 0.717) is 37.9 Å². The second kappa shape index (κ2) is 6.37. The van der Waals surface area contributed by atoms with Crippen molar-refractivity contribution in [3.8, 4) is 0 Å². The molecule has 0 bridgehead atoms. The van der Waals surface area contributed by atoms with Crippen LogP contribution in [0.1, 0.15) is 48.5 Å². The number of anilines is 1. The Balaban J connectivity index is 1.72. The quantitative estimate of drug-likeness (QED) is 0.870. The highest BCUT2D eigenvalue weighted by Gasteiger charge is 2.42. The highest BCUT2D eigenvalue weighted by molar-refractivity contribution is 7.89. The summed E-state index contributed by atoms with van der Waals surface area (Å²) in [5.74, 6) is 0.119. The first-order chi connectivity index (χ1) is 11.4. The third-order valence-electron chi connectivity index (χ3n) is 4.87. The van der Waals surface area contributed by atoms with Crippen molar-refractivity contribution >= 4 is 21.6 Å². The highest BCUT2D eigenvalue weighted by atomic mass is 32.2.